The molecule has 1 aromatic heterocycles. The molecule has 4 rings (SSSR count). The normalized spacial score (nSPS) is 23.5. The van der Waals surface area contributed by atoms with Crippen LogP contribution in [0.2, 0.25) is 5.02 Å². The Labute approximate surface area is 180 Å². The van der Waals surface area contributed by atoms with Crippen LogP contribution in [0.25, 0.3) is 10.8 Å². The number of aliphatic hydroxyl groups is 1. The van der Waals surface area contributed by atoms with E-state index in [4.69, 9.17) is 11.6 Å². The summed E-state index contributed by atoms with van der Waals surface area (Å²) in [5.41, 5.74) is -2.83. The smallest absolute Gasteiger partial charge is 0.419 e. The van der Waals surface area contributed by atoms with Crippen molar-refractivity contribution in [3.63, 3.8) is 0 Å². The molecule has 3 atom stereocenters. The molecule has 1 aliphatic rings. The highest BCUT2D eigenvalue weighted by Gasteiger charge is 2.62. The number of halogens is 4. The lowest BCUT2D eigenvalue weighted by Crippen LogP contribution is -2.55. The summed E-state index contributed by atoms with van der Waals surface area (Å²) in [6.07, 6.45) is -3.92. The number of phenols is 1. The number of phenolic OH excluding ortho intramolecular Hbond substituents is 1. The highest BCUT2D eigenvalue weighted by atomic mass is 35.5. The van der Waals surface area contributed by atoms with E-state index in [1.165, 1.54) is 18.3 Å². The molecule has 2 aromatic carbocycles. The van der Waals surface area contributed by atoms with Gasteiger partial charge in [-0.3, -0.25) is 4.79 Å². The predicted octanol–water partition coefficient (Wildman–Crippen LogP) is 5.23. The second-order valence-electron chi connectivity index (χ2n) is 7.78. The Balaban J connectivity index is 1.95. The second kappa shape index (κ2) is 7.46. The number of anilines is 1. The van der Waals surface area contributed by atoms with Crippen molar-refractivity contribution in [1.82, 2.24) is 4.98 Å². The number of alkyl halides is 3. The third-order valence-corrected chi connectivity index (χ3v) is 6.36. The first-order chi connectivity index (χ1) is 14.6. The van der Waals surface area contributed by atoms with E-state index in [0.29, 0.717) is 16.3 Å². The van der Waals surface area contributed by atoms with Gasteiger partial charge in [0.25, 0.3) is 5.56 Å². The van der Waals surface area contributed by atoms with Crippen LogP contribution in [-0.2, 0) is 0 Å². The molecule has 1 heterocycles. The highest BCUT2D eigenvalue weighted by Crippen LogP contribution is 2.56. The quantitative estimate of drug-likeness (QED) is 0.438. The van der Waals surface area contributed by atoms with Crippen LogP contribution in [-0.4, -0.2) is 27.0 Å². The van der Waals surface area contributed by atoms with Crippen molar-refractivity contribution in [2.75, 3.05) is 5.32 Å². The Morgan fingerprint density at radius 3 is 2.65 bits per heavy atom. The first-order valence-electron chi connectivity index (χ1n) is 9.75. The van der Waals surface area contributed by atoms with Gasteiger partial charge in [0.15, 0.2) is 5.60 Å². The van der Waals surface area contributed by atoms with Crippen molar-refractivity contribution >= 4 is 28.1 Å². The number of nitrogens with one attached hydrogen (secondary N) is 2. The van der Waals surface area contributed by atoms with Crippen LogP contribution in [0.3, 0.4) is 0 Å². The van der Waals surface area contributed by atoms with Gasteiger partial charge in [0.1, 0.15) is 5.75 Å². The summed E-state index contributed by atoms with van der Waals surface area (Å²) in [6, 6.07) is 7.30. The summed E-state index contributed by atoms with van der Waals surface area (Å²) in [7, 11) is 0. The predicted molar refractivity (Wildman–Crippen MR) is 113 cm³/mol. The van der Waals surface area contributed by atoms with E-state index in [9.17, 15) is 28.2 Å². The molecule has 164 valence electrons. The molecule has 0 fully saturated rings. The molecule has 1 aliphatic carbocycles. The van der Waals surface area contributed by atoms with E-state index in [1.54, 1.807) is 31.2 Å². The molecule has 5 nitrogen and oxygen atoms in total. The summed E-state index contributed by atoms with van der Waals surface area (Å²) in [5, 5.41) is 25.1. The maximum atomic E-state index is 14.2. The van der Waals surface area contributed by atoms with E-state index in [-0.39, 0.29) is 34.0 Å². The van der Waals surface area contributed by atoms with Crippen molar-refractivity contribution in [2.24, 2.45) is 0 Å². The van der Waals surface area contributed by atoms with Crippen molar-refractivity contribution < 1.29 is 23.4 Å². The van der Waals surface area contributed by atoms with E-state index in [2.05, 4.69) is 10.3 Å². The standard InChI is InChI=1S/C22H20ClF3N2O3/c1-2-11-10-21(31,22(24,25)26)19(14-6-7-15(23)18(29)17(11)14)28-16-5-3-4-13-12(16)8-9-27-20(13)30/h3-9,11,19,28-29,31H,2,10H2,1H3,(H,27,30)/t11-,19+,21-/m1/s1. The van der Waals surface area contributed by atoms with Gasteiger partial charge in [0, 0.05) is 28.2 Å². The third-order valence-electron chi connectivity index (χ3n) is 6.05. The number of rotatable bonds is 3. The van der Waals surface area contributed by atoms with Gasteiger partial charge in [-0.1, -0.05) is 30.7 Å². The number of fused-ring (bicyclic) bond motifs is 2. The summed E-state index contributed by atoms with van der Waals surface area (Å²) in [6.45, 7) is 1.69. The zero-order valence-electron chi connectivity index (χ0n) is 16.4. The Hall–Kier alpha value is -2.71. The molecule has 0 bridgehead atoms. The van der Waals surface area contributed by atoms with Crippen LogP contribution in [0.1, 0.15) is 42.9 Å². The van der Waals surface area contributed by atoms with Crippen LogP contribution in [0.15, 0.2) is 47.4 Å². The zero-order chi connectivity index (χ0) is 22.6. The molecule has 0 saturated heterocycles. The number of hydrogen-bond acceptors (Lipinski definition) is 4. The Bertz CT molecular complexity index is 1210. The van der Waals surface area contributed by atoms with Gasteiger partial charge >= 0.3 is 6.18 Å². The molecule has 0 saturated carbocycles. The molecule has 4 N–H and O–H groups in total. The van der Waals surface area contributed by atoms with Crippen molar-refractivity contribution in [3.05, 3.63) is 69.1 Å². The van der Waals surface area contributed by atoms with Crippen LogP contribution in [0.5, 0.6) is 5.75 Å². The topological polar surface area (TPSA) is 85.4 Å². The number of aromatic hydroxyl groups is 1. The van der Waals surface area contributed by atoms with E-state index >= 15 is 0 Å². The average Bonchev–Trinajstić information content (AvgIpc) is 2.72. The zero-order valence-corrected chi connectivity index (χ0v) is 17.2. The molecular formula is C22H20ClF3N2O3. The number of H-pyrrole nitrogens is 1. The van der Waals surface area contributed by atoms with Crippen molar-refractivity contribution in [3.8, 4) is 5.75 Å². The fraction of sp³-hybridized carbons (Fsp3) is 0.318. The third kappa shape index (κ3) is 3.34. The van der Waals surface area contributed by atoms with E-state index < -0.39 is 30.2 Å². The number of benzene rings is 2. The maximum Gasteiger partial charge on any atom is 0.419 e. The molecule has 9 heteroatoms. The molecule has 3 aromatic rings. The molecule has 0 unspecified atom stereocenters. The van der Waals surface area contributed by atoms with Crippen molar-refractivity contribution in [1.29, 1.82) is 0 Å². The Kier molecular flexibility index (Phi) is 5.18. The maximum absolute atomic E-state index is 14.2. The van der Waals surface area contributed by atoms with Crippen molar-refractivity contribution in [2.45, 2.75) is 43.5 Å². The number of aromatic amines is 1. The fourth-order valence-corrected chi connectivity index (χ4v) is 4.62. The lowest BCUT2D eigenvalue weighted by Gasteiger charge is -2.46. The Morgan fingerprint density at radius 2 is 1.97 bits per heavy atom. The first-order valence-corrected chi connectivity index (χ1v) is 10.1. The van der Waals surface area contributed by atoms with E-state index in [1.807, 2.05) is 0 Å². The minimum atomic E-state index is -4.95. The first kappa shape index (κ1) is 21.5. The number of hydrogen-bond donors (Lipinski definition) is 4. The molecule has 0 amide bonds. The second-order valence-corrected chi connectivity index (χ2v) is 8.19. The minimum Gasteiger partial charge on any atom is -0.506 e. The summed E-state index contributed by atoms with van der Waals surface area (Å²) >= 11 is 6.04. The molecule has 0 aliphatic heterocycles. The van der Waals surface area contributed by atoms with E-state index in [0.717, 1.165) is 0 Å². The summed E-state index contributed by atoms with van der Waals surface area (Å²) < 4.78 is 42.6. The molecule has 31 heavy (non-hydrogen) atoms. The Morgan fingerprint density at radius 1 is 1.23 bits per heavy atom. The minimum absolute atomic E-state index is 0.0325. The lowest BCUT2D eigenvalue weighted by atomic mass is 9.69. The molecule has 0 radical (unpaired) electrons. The lowest BCUT2D eigenvalue weighted by molar-refractivity contribution is -0.272. The van der Waals surface area contributed by atoms with Gasteiger partial charge in [0.05, 0.1) is 11.1 Å². The van der Waals surface area contributed by atoms with Gasteiger partial charge in [0.2, 0.25) is 0 Å². The molecule has 0 spiro atoms. The van der Waals surface area contributed by atoms with Gasteiger partial charge in [-0.2, -0.15) is 13.2 Å². The summed E-state index contributed by atoms with van der Waals surface area (Å²) in [4.78, 5) is 14.6. The van der Waals surface area contributed by atoms with Gasteiger partial charge < -0.3 is 20.5 Å². The highest BCUT2D eigenvalue weighted by molar-refractivity contribution is 6.32. The number of aromatic nitrogens is 1. The SMILES string of the molecule is CC[C@@H]1C[C@](O)(C(F)(F)F)[C@@H](Nc2cccc3c(=O)[nH]ccc23)c2ccc(Cl)c(O)c21. The average molecular weight is 453 g/mol. The van der Waals surface area contributed by atoms with Gasteiger partial charge in [-0.25, -0.2) is 0 Å². The van der Waals surface area contributed by atoms with Crippen LogP contribution in [0.4, 0.5) is 18.9 Å². The summed E-state index contributed by atoms with van der Waals surface area (Å²) in [5.74, 6) is -1.02. The molecular weight excluding hydrogens is 433 g/mol. The number of pyridine rings is 1. The monoisotopic (exact) mass is 452 g/mol. The van der Waals surface area contributed by atoms with Crippen LogP contribution < -0.4 is 10.9 Å². The fourth-order valence-electron chi connectivity index (χ4n) is 4.46. The van der Waals surface area contributed by atoms with Crippen LogP contribution in [0, 0.1) is 0 Å². The van der Waals surface area contributed by atoms with Gasteiger partial charge in [-0.15, -0.1) is 0 Å². The van der Waals surface area contributed by atoms with Crippen LogP contribution >= 0.6 is 11.6 Å². The van der Waals surface area contributed by atoms with Gasteiger partial charge in [-0.05, 0) is 48.6 Å². The largest absolute Gasteiger partial charge is 0.506 e.